The molecule has 136 valence electrons. The number of nitrogens with two attached hydrogens (primary N) is 2. The zero-order valence-electron chi connectivity index (χ0n) is 14.5. The number of nitrogens with zero attached hydrogens (tertiary/aromatic N) is 5. The van der Waals surface area contributed by atoms with Gasteiger partial charge in [0.05, 0.1) is 12.2 Å². The van der Waals surface area contributed by atoms with E-state index in [9.17, 15) is 4.79 Å². The summed E-state index contributed by atoms with van der Waals surface area (Å²) >= 11 is 0. The largest absolute Gasteiger partial charge is 0.382 e. The van der Waals surface area contributed by atoms with Gasteiger partial charge in [0.2, 0.25) is 0 Å². The lowest BCUT2D eigenvalue weighted by molar-refractivity contribution is 0.775. The molecule has 1 aliphatic rings. The topological polar surface area (TPSA) is 133 Å². The fourth-order valence-corrected chi connectivity index (χ4v) is 3.24. The maximum absolute atomic E-state index is 12.5. The van der Waals surface area contributed by atoms with E-state index in [0.717, 1.165) is 24.1 Å². The molecular weight excluding hydrogens is 344 g/mol. The molecule has 0 amide bonds. The van der Waals surface area contributed by atoms with Crippen molar-refractivity contribution in [3.05, 3.63) is 58.1 Å². The van der Waals surface area contributed by atoms with Crippen molar-refractivity contribution in [1.82, 2.24) is 29.4 Å². The molecule has 9 nitrogen and oxygen atoms in total. The number of hydrogen-bond donors (Lipinski definition) is 3. The van der Waals surface area contributed by atoms with Crippen LogP contribution in [0.3, 0.4) is 0 Å². The Hall–Kier alpha value is -3.62. The summed E-state index contributed by atoms with van der Waals surface area (Å²) in [7, 11) is 0. The lowest BCUT2D eigenvalue weighted by Gasteiger charge is -2.06. The van der Waals surface area contributed by atoms with Gasteiger partial charge in [-0.05, 0) is 24.5 Å². The highest BCUT2D eigenvalue weighted by molar-refractivity contribution is 5.83. The molecule has 27 heavy (non-hydrogen) atoms. The van der Waals surface area contributed by atoms with Gasteiger partial charge in [-0.2, -0.15) is 9.89 Å². The highest BCUT2D eigenvalue weighted by atomic mass is 16.1. The van der Waals surface area contributed by atoms with Crippen LogP contribution in [0.2, 0.25) is 0 Å². The Labute approximate surface area is 153 Å². The SMILES string of the molecule is Nc1nc(-c2cc(C3CC3)nn2N)nc2c1[nH]c(=O)n2Cc1ccccc1. The van der Waals surface area contributed by atoms with Gasteiger partial charge >= 0.3 is 5.69 Å². The summed E-state index contributed by atoms with van der Waals surface area (Å²) in [6, 6.07) is 11.6. The van der Waals surface area contributed by atoms with E-state index < -0.39 is 0 Å². The first-order chi connectivity index (χ1) is 13.1. The van der Waals surface area contributed by atoms with Crippen LogP contribution in [-0.2, 0) is 6.54 Å². The van der Waals surface area contributed by atoms with Crippen LogP contribution in [0.5, 0.6) is 0 Å². The van der Waals surface area contributed by atoms with Crippen LogP contribution < -0.4 is 17.3 Å². The normalized spacial score (nSPS) is 14.1. The minimum Gasteiger partial charge on any atom is -0.382 e. The molecule has 1 aromatic carbocycles. The van der Waals surface area contributed by atoms with Crippen LogP contribution in [0.4, 0.5) is 5.82 Å². The van der Waals surface area contributed by atoms with Crippen molar-refractivity contribution < 1.29 is 0 Å². The monoisotopic (exact) mass is 362 g/mol. The highest BCUT2D eigenvalue weighted by Gasteiger charge is 2.28. The van der Waals surface area contributed by atoms with Gasteiger partial charge in [-0.1, -0.05) is 30.3 Å². The first-order valence-electron chi connectivity index (χ1n) is 8.75. The van der Waals surface area contributed by atoms with Crippen molar-refractivity contribution >= 4 is 17.0 Å². The standard InChI is InChI=1S/C18H18N8O/c19-15-14-17(25(18(27)21-14)9-10-4-2-1-3-5-10)23-16(22-15)13-8-12(11-6-7-11)24-26(13)20/h1-5,8,11H,6-7,9,20H2,(H,21,27)(H2,19,22,23). The number of nitrogens with one attached hydrogen (secondary N) is 1. The van der Waals surface area contributed by atoms with Crippen molar-refractivity contribution in [2.75, 3.05) is 11.6 Å². The molecule has 3 heterocycles. The third-order valence-corrected chi connectivity index (χ3v) is 4.81. The Morgan fingerprint density at radius 1 is 1.19 bits per heavy atom. The number of hydrogen-bond acceptors (Lipinski definition) is 6. The van der Waals surface area contributed by atoms with Gasteiger partial charge in [0, 0.05) is 5.92 Å². The zero-order chi connectivity index (χ0) is 18.5. The lowest BCUT2D eigenvalue weighted by atomic mass is 10.2. The summed E-state index contributed by atoms with van der Waals surface area (Å²) in [6.07, 6.45) is 2.24. The predicted octanol–water partition coefficient (Wildman–Crippen LogP) is 1.20. The first kappa shape index (κ1) is 15.6. The van der Waals surface area contributed by atoms with E-state index in [-0.39, 0.29) is 11.5 Å². The molecule has 0 unspecified atom stereocenters. The van der Waals surface area contributed by atoms with E-state index in [1.54, 1.807) is 4.57 Å². The minimum absolute atomic E-state index is 0.202. The molecule has 0 bridgehead atoms. The first-order valence-corrected chi connectivity index (χ1v) is 8.75. The number of anilines is 1. The number of fused-ring (bicyclic) bond motifs is 1. The number of imidazole rings is 1. The summed E-state index contributed by atoms with van der Waals surface area (Å²) in [6.45, 7) is 0.380. The fraction of sp³-hybridized carbons (Fsp3) is 0.222. The molecular formula is C18H18N8O. The third-order valence-electron chi connectivity index (χ3n) is 4.81. The van der Waals surface area contributed by atoms with Gasteiger partial charge in [-0.15, -0.1) is 0 Å². The van der Waals surface area contributed by atoms with E-state index in [2.05, 4.69) is 20.1 Å². The van der Waals surface area contributed by atoms with Crippen molar-refractivity contribution in [3.63, 3.8) is 0 Å². The molecule has 0 radical (unpaired) electrons. The summed E-state index contributed by atoms with van der Waals surface area (Å²) in [4.78, 5) is 25.4. The Morgan fingerprint density at radius 2 is 1.96 bits per heavy atom. The number of rotatable bonds is 4. The fourth-order valence-electron chi connectivity index (χ4n) is 3.24. The van der Waals surface area contributed by atoms with Gasteiger partial charge < -0.3 is 16.6 Å². The second kappa shape index (κ2) is 5.70. The van der Waals surface area contributed by atoms with Crippen molar-refractivity contribution in [1.29, 1.82) is 0 Å². The van der Waals surface area contributed by atoms with Crippen LogP contribution in [0.1, 0.15) is 30.0 Å². The Kier molecular flexibility index (Phi) is 3.30. The third kappa shape index (κ3) is 2.64. The van der Waals surface area contributed by atoms with Gasteiger partial charge in [-0.25, -0.2) is 14.8 Å². The number of H-pyrrole nitrogens is 1. The van der Waals surface area contributed by atoms with Gasteiger partial charge in [0.15, 0.2) is 17.3 Å². The van der Waals surface area contributed by atoms with Gasteiger partial charge in [0.1, 0.15) is 11.2 Å². The van der Waals surface area contributed by atoms with Crippen molar-refractivity contribution in [2.24, 2.45) is 0 Å². The van der Waals surface area contributed by atoms with E-state index in [1.807, 2.05) is 36.4 Å². The Bertz CT molecular complexity index is 1200. The summed E-state index contributed by atoms with van der Waals surface area (Å²) in [5.41, 5.74) is 9.17. The Balaban J connectivity index is 1.65. The second-order valence-electron chi connectivity index (χ2n) is 6.81. The van der Waals surface area contributed by atoms with E-state index >= 15 is 0 Å². The van der Waals surface area contributed by atoms with Crippen molar-refractivity contribution in [3.8, 4) is 11.5 Å². The molecule has 0 saturated heterocycles. The van der Waals surface area contributed by atoms with Gasteiger partial charge in [0.25, 0.3) is 0 Å². The predicted molar refractivity (Wildman–Crippen MR) is 101 cm³/mol. The molecule has 4 aromatic rings. The number of aromatic amines is 1. The molecule has 1 saturated carbocycles. The number of nitrogen functional groups attached to an aromatic ring is 2. The minimum atomic E-state index is -0.285. The second-order valence-corrected chi connectivity index (χ2v) is 6.81. The molecule has 0 spiro atoms. The average Bonchev–Trinajstić information content (AvgIpc) is 3.37. The average molecular weight is 362 g/mol. The maximum atomic E-state index is 12.5. The maximum Gasteiger partial charge on any atom is 0.328 e. The highest BCUT2D eigenvalue weighted by Crippen LogP contribution is 2.40. The zero-order valence-corrected chi connectivity index (χ0v) is 14.5. The molecule has 5 rings (SSSR count). The number of benzene rings is 1. The van der Waals surface area contributed by atoms with Crippen LogP contribution in [-0.4, -0.2) is 29.4 Å². The molecule has 0 atom stereocenters. The van der Waals surface area contributed by atoms with E-state index in [1.165, 1.54) is 4.79 Å². The van der Waals surface area contributed by atoms with Crippen LogP contribution in [0.25, 0.3) is 22.7 Å². The molecule has 0 aliphatic heterocycles. The smallest absolute Gasteiger partial charge is 0.328 e. The summed E-state index contributed by atoms with van der Waals surface area (Å²) < 4.78 is 1.55. The van der Waals surface area contributed by atoms with E-state index in [4.69, 9.17) is 11.6 Å². The summed E-state index contributed by atoms with van der Waals surface area (Å²) in [5.74, 6) is 7.02. The molecule has 3 aromatic heterocycles. The number of aromatic nitrogens is 6. The van der Waals surface area contributed by atoms with Crippen molar-refractivity contribution in [2.45, 2.75) is 25.3 Å². The molecule has 1 fully saturated rings. The van der Waals surface area contributed by atoms with Gasteiger partial charge in [-0.3, -0.25) is 4.57 Å². The summed E-state index contributed by atoms with van der Waals surface area (Å²) in [5, 5.41) is 4.35. The van der Waals surface area contributed by atoms with Crippen LogP contribution in [0.15, 0.2) is 41.2 Å². The van der Waals surface area contributed by atoms with Crippen LogP contribution >= 0.6 is 0 Å². The molecule has 9 heteroatoms. The lowest BCUT2D eigenvalue weighted by Crippen LogP contribution is -2.18. The quantitative estimate of drug-likeness (QED) is 0.467. The van der Waals surface area contributed by atoms with Crippen LogP contribution in [0, 0.1) is 0 Å². The van der Waals surface area contributed by atoms with E-state index in [0.29, 0.717) is 35.1 Å². The molecule has 5 N–H and O–H groups in total. The Morgan fingerprint density at radius 3 is 2.70 bits per heavy atom. The molecule has 1 aliphatic carbocycles.